The van der Waals surface area contributed by atoms with Gasteiger partial charge in [0.1, 0.15) is 42.1 Å². The van der Waals surface area contributed by atoms with Crippen LogP contribution in [0.25, 0.3) is 11.3 Å². The van der Waals surface area contributed by atoms with Crippen molar-refractivity contribution in [1.82, 2.24) is 15.1 Å². The summed E-state index contributed by atoms with van der Waals surface area (Å²) in [7, 11) is 1.44. The van der Waals surface area contributed by atoms with Crippen LogP contribution in [-0.2, 0) is 16.1 Å². The molecule has 3 aromatic rings. The second-order valence-corrected chi connectivity index (χ2v) is 7.37. The molecule has 33 heavy (non-hydrogen) atoms. The summed E-state index contributed by atoms with van der Waals surface area (Å²) in [6.07, 6.45) is -0.456. The smallest absolute Gasteiger partial charge is 0.294 e. The molecule has 1 aliphatic heterocycles. The average molecular weight is 466 g/mol. The van der Waals surface area contributed by atoms with Crippen LogP contribution in [0.1, 0.15) is 40.9 Å². The average Bonchev–Trinajstić information content (AvgIpc) is 3.25. The van der Waals surface area contributed by atoms with Gasteiger partial charge in [0.15, 0.2) is 0 Å². The maximum Gasteiger partial charge on any atom is 0.294 e. The SMILES string of the molecule is COCc1cc(C(=O)Nc2c(-c3cc(F)ccc3F)ncnc2C2CCC(F)(F)CO2)on1. The molecule has 1 aromatic carbocycles. The largest absolute Gasteiger partial charge is 0.378 e. The third-order valence-corrected chi connectivity index (χ3v) is 4.95. The van der Waals surface area contributed by atoms with E-state index in [1.54, 1.807) is 0 Å². The molecule has 8 nitrogen and oxygen atoms in total. The molecule has 1 unspecified atom stereocenters. The Hall–Kier alpha value is -3.38. The third-order valence-electron chi connectivity index (χ3n) is 4.95. The molecule has 0 bridgehead atoms. The van der Waals surface area contributed by atoms with Gasteiger partial charge in [0.05, 0.1) is 18.0 Å². The van der Waals surface area contributed by atoms with Crippen molar-refractivity contribution in [3.63, 3.8) is 0 Å². The quantitative estimate of drug-likeness (QED) is 0.541. The summed E-state index contributed by atoms with van der Waals surface area (Å²) < 4.78 is 70.8. The highest BCUT2D eigenvalue weighted by Crippen LogP contribution is 2.40. The third kappa shape index (κ3) is 5.01. The number of ether oxygens (including phenoxy) is 2. The van der Waals surface area contributed by atoms with E-state index in [4.69, 9.17) is 14.0 Å². The molecule has 0 spiro atoms. The van der Waals surface area contributed by atoms with Crippen LogP contribution in [0.3, 0.4) is 0 Å². The minimum Gasteiger partial charge on any atom is -0.378 e. The van der Waals surface area contributed by atoms with E-state index in [0.717, 1.165) is 24.5 Å². The van der Waals surface area contributed by atoms with Gasteiger partial charge in [0.25, 0.3) is 11.8 Å². The van der Waals surface area contributed by atoms with Crippen molar-refractivity contribution in [3.8, 4) is 11.3 Å². The molecular weight excluding hydrogens is 448 g/mol. The number of nitrogens with zero attached hydrogens (tertiary/aromatic N) is 3. The number of methoxy groups -OCH3 is 1. The second kappa shape index (κ2) is 9.24. The molecule has 0 aliphatic carbocycles. The van der Waals surface area contributed by atoms with Crippen molar-refractivity contribution in [3.05, 3.63) is 59.4 Å². The van der Waals surface area contributed by atoms with Gasteiger partial charge in [-0.15, -0.1) is 0 Å². The lowest BCUT2D eigenvalue weighted by atomic mass is 10.00. The minimum absolute atomic E-state index is 0.0455. The number of rotatable bonds is 6. The highest BCUT2D eigenvalue weighted by molar-refractivity contribution is 6.04. The number of hydrogen-bond acceptors (Lipinski definition) is 7. The van der Waals surface area contributed by atoms with Crippen LogP contribution in [0.2, 0.25) is 0 Å². The van der Waals surface area contributed by atoms with Crippen molar-refractivity contribution < 1.29 is 36.4 Å². The molecule has 174 valence electrons. The van der Waals surface area contributed by atoms with Crippen molar-refractivity contribution in [2.75, 3.05) is 19.0 Å². The van der Waals surface area contributed by atoms with Gasteiger partial charge in [-0.25, -0.2) is 27.5 Å². The monoisotopic (exact) mass is 466 g/mol. The van der Waals surface area contributed by atoms with E-state index in [0.29, 0.717) is 5.69 Å². The number of carbonyl (C=O) groups is 1. The lowest BCUT2D eigenvalue weighted by Crippen LogP contribution is -2.31. The minimum atomic E-state index is -3.00. The Labute approximate surface area is 184 Å². The predicted molar refractivity (Wildman–Crippen MR) is 105 cm³/mol. The van der Waals surface area contributed by atoms with E-state index in [2.05, 4.69) is 20.4 Å². The van der Waals surface area contributed by atoms with Crippen molar-refractivity contribution in [2.45, 2.75) is 31.5 Å². The highest BCUT2D eigenvalue weighted by atomic mass is 19.3. The zero-order chi connectivity index (χ0) is 23.6. The first-order valence-electron chi connectivity index (χ1n) is 9.83. The van der Waals surface area contributed by atoms with Gasteiger partial charge >= 0.3 is 0 Å². The lowest BCUT2D eigenvalue weighted by molar-refractivity contribution is -0.146. The molecule has 4 rings (SSSR count). The summed E-state index contributed by atoms with van der Waals surface area (Å²) in [4.78, 5) is 20.9. The molecule has 0 saturated carbocycles. The summed E-state index contributed by atoms with van der Waals surface area (Å²) in [5.74, 6) is -5.53. The number of amides is 1. The summed E-state index contributed by atoms with van der Waals surface area (Å²) >= 11 is 0. The fourth-order valence-electron chi connectivity index (χ4n) is 3.40. The molecule has 1 atom stereocenters. The number of benzene rings is 1. The molecule has 1 aliphatic rings. The van der Waals surface area contributed by atoms with Gasteiger partial charge < -0.3 is 19.3 Å². The number of hydrogen-bond donors (Lipinski definition) is 1. The second-order valence-electron chi connectivity index (χ2n) is 7.37. The predicted octanol–water partition coefficient (Wildman–Crippen LogP) is 4.30. The van der Waals surface area contributed by atoms with E-state index >= 15 is 0 Å². The first-order chi connectivity index (χ1) is 15.8. The summed E-state index contributed by atoms with van der Waals surface area (Å²) in [5, 5.41) is 6.21. The van der Waals surface area contributed by atoms with Crippen molar-refractivity contribution in [1.29, 1.82) is 0 Å². The fraction of sp³-hybridized carbons (Fsp3) is 0.333. The fourth-order valence-corrected chi connectivity index (χ4v) is 3.40. The lowest BCUT2D eigenvalue weighted by Gasteiger charge is -2.29. The van der Waals surface area contributed by atoms with Crippen molar-refractivity contribution >= 4 is 11.6 Å². The van der Waals surface area contributed by atoms with Crippen LogP contribution in [0.5, 0.6) is 0 Å². The van der Waals surface area contributed by atoms with Gasteiger partial charge in [-0.1, -0.05) is 5.16 Å². The number of carbonyl (C=O) groups excluding carboxylic acids is 1. The van der Waals surface area contributed by atoms with Crippen molar-refractivity contribution in [2.24, 2.45) is 0 Å². The van der Waals surface area contributed by atoms with Crippen LogP contribution in [0.4, 0.5) is 23.2 Å². The molecule has 2 aromatic heterocycles. The Morgan fingerprint density at radius 1 is 1.27 bits per heavy atom. The van der Waals surface area contributed by atoms with Crippen LogP contribution >= 0.6 is 0 Å². The Kier molecular flexibility index (Phi) is 6.38. The summed E-state index contributed by atoms with van der Waals surface area (Å²) in [6, 6.07) is 4.07. The molecule has 0 radical (unpaired) electrons. The molecular formula is C21H18F4N4O4. The van der Waals surface area contributed by atoms with E-state index in [-0.39, 0.29) is 41.4 Å². The van der Waals surface area contributed by atoms with Gasteiger partial charge in [-0.2, -0.15) is 0 Å². The van der Waals surface area contributed by atoms with E-state index in [1.165, 1.54) is 13.2 Å². The molecule has 1 N–H and O–H groups in total. The molecule has 3 heterocycles. The Morgan fingerprint density at radius 2 is 2.09 bits per heavy atom. The first-order valence-corrected chi connectivity index (χ1v) is 9.83. The van der Waals surface area contributed by atoms with Gasteiger partial charge in [0.2, 0.25) is 5.76 Å². The van der Waals surface area contributed by atoms with Crippen LogP contribution < -0.4 is 5.32 Å². The maximum atomic E-state index is 14.5. The summed E-state index contributed by atoms with van der Waals surface area (Å²) in [5.41, 5.74) is -0.131. The van der Waals surface area contributed by atoms with Crippen LogP contribution in [0, 0.1) is 11.6 Å². The normalized spacial score (nSPS) is 17.7. The Balaban J connectivity index is 1.75. The van der Waals surface area contributed by atoms with E-state index < -0.39 is 42.6 Å². The molecule has 12 heteroatoms. The van der Waals surface area contributed by atoms with Crippen LogP contribution in [0.15, 0.2) is 35.1 Å². The molecule has 1 fully saturated rings. The topological polar surface area (TPSA) is 99.4 Å². The highest BCUT2D eigenvalue weighted by Gasteiger charge is 2.38. The van der Waals surface area contributed by atoms with Gasteiger partial charge in [-0.05, 0) is 24.6 Å². The Morgan fingerprint density at radius 3 is 2.82 bits per heavy atom. The van der Waals surface area contributed by atoms with Gasteiger partial charge in [-0.3, -0.25) is 4.79 Å². The number of anilines is 1. The van der Waals surface area contributed by atoms with E-state index in [9.17, 15) is 22.4 Å². The Bertz CT molecular complexity index is 1160. The molecule has 1 saturated heterocycles. The van der Waals surface area contributed by atoms with Gasteiger partial charge in [0, 0.05) is 25.2 Å². The molecule has 1 amide bonds. The first kappa shape index (κ1) is 22.8. The zero-order valence-electron chi connectivity index (χ0n) is 17.3. The standard InChI is InChI=1S/C21H18F4N4O4/c1-31-8-12-7-16(33-29-12)20(30)28-19-17(13-6-11(22)2-3-14(13)23)26-10-27-18(19)15-4-5-21(24,25)9-32-15/h2-3,6-7,10,15H,4-5,8-9H2,1H3,(H,28,30). The number of nitrogens with one attached hydrogen (secondary N) is 1. The number of alkyl halides is 2. The summed E-state index contributed by atoms with van der Waals surface area (Å²) in [6.45, 7) is -0.748. The zero-order valence-corrected chi connectivity index (χ0v) is 17.3. The number of halogens is 4. The maximum absolute atomic E-state index is 14.5. The number of aromatic nitrogens is 3. The van der Waals surface area contributed by atoms with Crippen LogP contribution in [-0.4, -0.2) is 40.7 Å². The van der Waals surface area contributed by atoms with E-state index in [1.807, 2.05) is 0 Å².